The van der Waals surface area contributed by atoms with E-state index >= 15 is 0 Å². The second-order valence-corrected chi connectivity index (χ2v) is 3.63. The van der Waals surface area contributed by atoms with E-state index in [0.29, 0.717) is 0 Å². The molecule has 0 saturated carbocycles. The van der Waals surface area contributed by atoms with Crippen LogP contribution in [-0.4, -0.2) is 36.4 Å². The Balaban J connectivity index is 2.92. The van der Waals surface area contributed by atoms with Gasteiger partial charge in [0.2, 0.25) is 0 Å². The summed E-state index contributed by atoms with van der Waals surface area (Å²) in [4.78, 5) is 22.7. The molecule has 0 N–H and O–H groups in total. The molecule has 1 aromatic carbocycles. The van der Waals surface area contributed by atoms with Gasteiger partial charge in [-0.3, -0.25) is 14.9 Å². The normalized spacial score (nSPS) is 9.39. The first kappa shape index (κ1) is 13.4. The highest BCUT2D eigenvalue weighted by Gasteiger charge is 2.17. The van der Waals surface area contributed by atoms with Gasteiger partial charge in [0.1, 0.15) is 0 Å². The molecule has 1 aromatic rings. The lowest BCUT2D eigenvalue weighted by molar-refractivity contribution is -0.385. The van der Waals surface area contributed by atoms with Crippen molar-refractivity contribution in [1.82, 2.24) is 4.90 Å². The number of hydrogen-bond donors (Lipinski definition) is 0. The van der Waals surface area contributed by atoms with E-state index in [2.05, 4.69) is 0 Å². The number of amides is 1. The minimum absolute atomic E-state index is 0.0331. The summed E-state index contributed by atoms with van der Waals surface area (Å²) >= 11 is 0. The lowest BCUT2D eigenvalue weighted by atomic mass is 10.2. The van der Waals surface area contributed by atoms with Gasteiger partial charge in [0, 0.05) is 20.2 Å². The summed E-state index contributed by atoms with van der Waals surface area (Å²) in [5.74, 6) is -0.345. The molecule has 7 heteroatoms. The smallest absolute Gasteiger partial charge is 0.312 e. The van der Waals surface area contributed by atoms with Crippen molar-refractivity contribution in [2.75, 3.05) is 20.7 Å². The predicted octanol–water partition coefficient (Wildman–Crippen LogP) is 0.933. The molecule has 0 aliphatic heterocycles. The monoisotopic (exact) mass is 249 g/mol. The molecule has 0 saturated heterocycles. The van der Waals surface area contributed by atoms with Crippen molar-refractivity contribution < 1.29 is 14.5 Å². The van der Waals surface area contributed by atoms with Crippen molar-refractivity contribution in [2.45, 2.75) is 0 Å². The maximum Gasteiger partial charge on any atom is 0.312 e. The van der Waals surface area contributed by atoms with Crippen LogP contribution in [0, 0.1) is 21.4 Å². The molecule has 0 fully saturated rings. The van der Waals surface area contributed by atoms with E-state index in [4.69, 9.17) is 10.00 Å². The highest BCUT2D eigenvalue weighted by atomic mass is 16.6. The Morgan fingerprint density at radius 1 is 1.56 bits per heavy atom. The Kier molecular flexibility index (Phi) is 4.21. The van der Waals surface area contributed by atoms with Gasteiger partial charge in [-0.25, -0.2) is 0 Å². The minimum Gasteiger partial charge on any atom is -0.477 e. The summed E-state index contributed by atoms with van der Waals surface area (Å²) in [5.41, 5.74) is -0.173. The van der Waals surface area contributed by atoms with E-state index in [0.717, 1.165) is 6.07 Å². The number of likely N-dealkylation sites (N-methyl/N-ethyl adjacent to an activating group) is 1. The van der Waals surface area contributed by atoms with Crippen LogP contribution in [0.5, 0.6) is 5.75 Å². The molecule has 0 heterocycles. The third-order valence-electron chi connectivity index (χ3n) is 2.13. The van der Waals surface area contributed by atoms with Crippen molar-refractivity contribution in [2.24, 2.45) is 0 Å². The number of nitro benzene ring substituents is 1. The summed E-state index contributed by atoms with van der Waals surface area (Å²) in [6, 6.07) is 5.60. The van der Waals surface area contributed by atoms with Gasteiger partial charge < -0.3 is 9.64 Å². The Labute approximate surface area is 103 Å². The summed E-state index contributed by atoms with van der Waals surface area (Å²) < 4.78 is 5.08. The largest absolute Gasteiger partial charge is 0.477 e. The first-order chi connectivity index (χ1) is 8.45. The Bertz CT molecular complexity index is 520. The zero-order valence-electron chi connectivity index (χ0n) is 9.91. The van der Waals surface area contributed by atoms with Gasteiger partial charge in [-0.15, -0.1) is 0 Å². The van der Waals surface area contributed by atoms with Crippen molar-refractivity contribution >= 4 is 11.6 Å². The lowest BCUT2D eigenvalue weighted by Crippen LogP contribution is -2.27. The second kappa shape index (κ2) is 5.63. The van der Waals surface area contributed by atoms with Crippen LogP contribution in [0.1, 0.15) is 5.56 Å². The number of nitriles is 1. The zero-order chi connectivity index (χ0) is 13.7. The number of carbonyl (C=O) groups excluding carboxylic acids is 1. The van der Waals surface area contributed by atoms with Crippen LogP contribution in [0.2, 0.25) is 0 Å². The van der Waals surface area contributed by atoms with E-state index in [1.807, 2.05) is 0 Å². The molecule has 0 aliphatic carbocycles. The SMILES string of the molecule is CN(C)C(=O)COc1ccc(C#N)cc1[N+](=O)[O-]. The third kappa shape index (κ3) is 3.18. The molecular formula is C11H11N3O4. The summed E-state index contributed by atoms with van der Waals surface area (Å²) in [6.07, 6.45) is 0. The average Bonchev–Trinajstić information content (AvgIpc) is 2.35. The highest BCUT2D eigenvalue weighted by molar-refractivity contribution is 5.77. The summed E-state index contributed by atoms with van der Waals surface area (Å²) in [6.45, 7) is -0.292. The summed E-state index contributed by atoms with van der Waals surface area (Å²) in [5, 5.41) is 19.4. The molecule has 0 bridgehead atoms. The van der Waals surface area contributed by atoms with E-state index in [1.54, 1.807) is 20.2 Å². The molecule has 0 aromatic heterocycles. The van der Waals surface area contributed by atoms with Gasteiger partial charge in [0.05, 0.1) is 16.6 Å². The van der Waals surface area contributed by atoms with Gasteiger partial charge >= 0.3 is 5.69 Å². The average molecular weight is 249 g/mol. The van der Waals surface area contributed by atoms with Crippen molar-refractivity contribution in [3.8, 4) is 11.8 Å². The number of ether oxygens (including phenoxy) is 1. The molecule has 94 valence electrons. The standard InChI is InChI=1S/C11H11N3O4/c1-13(2)11(15)7-18-10-4-3-8(6-12)5-9(10)14(16)17/h3-5H,7H2,1-2H3. The van der Waals surface area contributed by atoms with E-state index in [9.17, 15) is 14.9 Å². The highest BCUT2D eigenvalue weighted by Crippen LogP contribution is 2.27. The lowest BCUT2D eigenvalue weighted by Gasteiger charge is -2.11. The molecule has 0 atom stereocenters. The van der Waals surface area contributed by atoms with Gasteiger partial charge in [-0.2, -0.15) is 5.26 Å². The Morgan fingerprint density at radius 2 is 2.22 bits per heavy atom. The van der Waals surface area contributed by atoms with E-state index < -0.39 is 4.92 Å². The molecule has 0 radical (unpaired) electrons. The zero-order valence-corrected chi connectivity index (χ0v) is 9.91. The van der Waals surface area contributed by atoms with Crippen molar-refractivity contribution in [1.29, 1.82) is 5.26 Å². The quantitative estimate of drug-likeness (QED) is 0.584. The van der Waals surface area contributed by atoms with Crippen LogP contribution in [0.3, 0.4) is 0 Å². The number of benzene rings is 1. The molecule has 7 nitrogen and oxygen atoms in total. The molecule has 1 amide bonds. The molecule has 18 heavy (non-hydrogen) atoms. The van der Waals surface area contributed by atoms with Gasteiger partial charge in [-0.05, 0) is 12.1 Å². The molecule has 0 spiro atoms. The third-order valence-corrected chi connectivity index (χ3v) is 2.13. The van der Waals surface area contributed by atoms with Gasteiger partial charge in [-0.1, -0.05) is 0 Å². The second-order valence-electron chi connectivity index (χ2n) is 3.63. The minimum atomic E-state index is -0.656. The predicted molar refractivity (Wildman–Crippen MR) is 62.0 cm³/mol. The topological polar surface area (TPSA) is 96.5 Å². The first-order valence-corrected chi connectivity index (χ1v) is 4.97. The number of rotatable bonds is 4. The van der Waals surface area contributed by atoms with E-state index in [-0.39, 0.29) is 29.5 Å². The van der Waals surface area contributed by atoms with Crippen molar-refractivity contribution in [3.05, 3.63) is 33.9 Å². The Morgan fingerprint density at radius 3 is 2.72 bits per heavy atom. The van der Waals surface area contributed by atoms with Gasteiger partial charge in [0.25, 0.3) is 5.91 Å². The van der Waals surface area contributed by atoms with Crippen LogP contribution in [0.25, 0.3) is 0 Å². The summed E-state index contributed by atoms with van der Waals surface area (Å²) in [7, 11) is 3.11. The molecule has 1 rings (SSSR count). The van der Waals surface area contributed by atoms with Crippen molar-refractivity contribution in [3.63, 3.8) is 0 Å². The van der Waals surface area contributed by atoms with Crippen LogP contribution in [-0.2, 0) is 4.79 Å². The maximum atomic E-state index is 11.3. The van der Waals surface area contributed by atoms with Crippen LogP contribution in [0.4, 0.5) is 5.69 Å². The molecule has 0 aliphatic rings. The fourth-order valence-electron chi connectivity index (χ4n) is 1.12. The van der Waals surface area contributed by atoms with Gasteiger partial charge in [0.15, 0.2) is 12.4 Å². The first-order valence-electron chi connectivity index (χ1n) is 4.97. The molecule has 0 unspecified atom stereocenters. The fourth-order valence-corrected chi connectivity index (χ4v) is 1.12. The number of nitro groups is 1. The molecular weight excluding hydrogens is 238 g/mol. The maximum absolute atomic E-state index is 11.3. The van der Waals surface area contributed by atoms with Crippen LogP contribution in [0.15, 0.2) is 18.2 Å². The number of carbonyl (C=O) groups is 1. The number of hydrogen-bond acceptors (Lipinski definition) is 5. The fraction of sp³-hybridized carbons (Fsp3) is 0.273. The Hall–Kier alpha value is -2.62. The van der Waals surface area contributed by atoms with Crippen LogP contribution >= 0.6 is 0 Å². The number of nitrogens with zero attached hydrogens (tertiary/aromatic N) is 3. The van der Waals surface area contributed by atoms with E-state index in [1.165, 1.54) is 17.0 Å². The van der Waals surface area contributed by atoms with Crippen LogP contribution < -0.4 is 4.74 Å².